The molecule has 0 aliphatic heterocycles. The highest BCUT2D eigenvalue weighted by Gasteiger charge is 2.08. The normalized spacial score (nSPS) is 10.1. The summed E-state index contributed by atoms with van der Waals surface area (Å²) >= 11 is 0. The molecule has 1 aromatic carbocycles. The van der Waals surface area contributed by atoms with E-state index in [1.54, 1.807) is 6.07 Å². The van der Waals surface area contributed by atoms with Gasteiger partial charge >= 0.3 is 5.97 Å². The van der Waals surface area contributed by atoms with Crippen LogP contribution in [0, 0.1) is 0 Å². The van der Waals surface area contributed by atoms with Crippen LogP contribution < -0.4 is 11.1 Å². The molecule has 1 rings (SSSR count). The molecule has 5 heteroatoms. The van der Waals surface area contributed by atoms with Gasteiger partial charge in [0.1, 0.15) is 0 Å². The van der Waals surface area contributed by atoms with Gasteiger partial charge < -0.3 is 16.2 Å². The number of hydrogen-bond acceptors (Lipinski definition) is 3. The van der Waals surface area contributed by atoms with E-state index >= 15 is 0 Å². The lowest BCUT2D eigenvalue weighted by Gasteiger charge is -2.07. The molecule has 4 N–H and O–H groups in total. The Balaban J connectivity index is 2.66. The van der Waals surface area contributed by atoms with Crippen molar-refractivity contribution < 1.29 is 14.7 Å². The van der Waals surface area contributed by atoms with Gasteiger partial charge in [0.05, 0.1) is 5.56 Å². The number of rotatable bonds is 6. The summed E-state index contributed by atoms with van der Waals surface area (Å²) in [5.74, 6) is -1.19. The Hall–Kier alpha value is -2.04. The molecule has 0 aliphatic rings. The summed E-state index contributed by atoms with van der Waals surface area (Å²) in [6.07, 6.45) is 3.32. The van der Waals surface area contributed by atoms with Crippen molar-refractivity contribution in [3.63, 3.8) is 0 Å². The fourth-order valence-electron chi connectivity index (χ4n) is 1.61. The van der Waals surface area contributed by atoms with E-state index in [1.165, 1.54) is 12.1 Å². The topological polar surface area (TPSA) is 92.4 Å². The van der Waals surface area contributed by atoms with Crippen LogP contribution >= 0.6 is 0 Å². The van der Waals surface area contributed by atoms with E-state index in [-0.39, 0.29) is 11.5 Å². The Kier molecular flexibility index (Phi) is 5.17. The number of carbonyl (C=O) groups is 2. The van der Waals surface area contributed by atoms with E-state index < -0.39 is 5.97 Å². The minimum Gasteiger partial charge on any atom is -0.478 e. The van der Waals surface area contributed by atoms with Crippen molar-refractivity contribution in [2.24, 2.45) is 0 Å². The van der Waals surface area contributed by atoms with Crippen molar-refractivity contribution in [3.8, 4) is 0 Å². The van der Waals surface area contributed by atoms with Gasteiger partial charge in [-0.15, -0.1) is 0 Å². The zero-order valence-corrected chi connectivity index (χ0v) is 10.4. The van der Waals surface area contributed by atoms with Crippen LogP contribution in [0.5, 0.6) is 0 Å². The number of aromatic carboxylic acids is 1. The first-order valence-electron chi connectivity index (χ1n) is 5.96. The fraction of sp³-hybridized carbons (Fsp3) is 0.385. The van der Waals surface area contributed by atoms with Gasteiger partial charge in [0.15, 0.2) is 0 Å². The van der Waals surface area contributed by atoms with Crippen molar-refractivity contribution in [2.45, 2.75) is 32.6 Å². The number of carbonyl (C=O) groups excluding carboxylic acids is 1. The Morgan fingerprint density at radius 2 is 2.00 bits per heavy atom. The number of unbranched alkanes of at least 4 members (excludes halogenated alkanes) is 2. The molecule has 0 heterocycles. The largest absolute Gasteiger partial charge is 0.478 e. The van der Waals surface area contributed by atoms with Crippen molar-refractivity contribution >= 4 is 23.3 Å². The average Bonchev–Trinajstić information content (AvgIpc) is 2.28. The van der Waals surface area contributed by atoms with Crippen molar-refractivity contribution in [1.82, 2.24) is 0 Å². The third-order valence-corrected chi connectivity index (χ3v) is 2.49. The molecule has 5 nitrogen and oxygen atoms in total. The van der Waals surface area contributed by atoms with E-state index in [9.17, 15) is 9.59 Å². The molecule has 0 atom stereocenters. The summed E-state index contributed by atoms with van der Waals surface area (Å²) in [5.41, 5.74) is 6.39. The molecule has 0 radical (unpaired) electrons. The maximum Gasteiger partial charge on any atom is 0.335 e. The summed E-state index contributed by atoms with van der Waals surface area (Å²) in [5, 5.41) is 11.5. The van der Waals surface area contributed by atoms with Gasteiger partial charge in [-0.05, 0) is 24.6 Å². The second kappa shape index (κ2) is 6.64. The predicted octanol–water partition coefficient (Wildman–Crippen LogP) is 2.49. The second-order valence-corrected chi connectivity index (χ2v) is 4.15. The number of benzene rings is 1. The average molecular weight is 250 g/mol. The van der Waals surface area contributed by atoms with Gasteiger partial charge in [-0.25, -0.2) is 4.79 Å². The Morgan fingerprint density at radius 3 is 2.61 bits per heavy atom. The first-order chi connectivity index (χ1) is 8.52. The van der Waals surface area contributed by atoms with E-state index in [0.29, 0.717) is 17.8 Å². The van der Waals surface area contributed by atoms with Crippen LogP contribution in [0.3, 0.4) is 0 Å². The van der Waals surface area contributed by atoms with Crippen LogP contribution in [0.4, 0.5) is 11.4 Å². The number of amides is 1. The molecular weight excluding hydrogens is 232 g/mol. The summed E-state index contributed by atoms with van der Waals surface area (Å²) < 4.78 is 0. The van der Waals surface area contributed by atoms with Crippen LogP contribution in [-0.2, 0) is 4.79 Å². The van der Waals surface area contributed by atoms with E-state index in [4.69, 9.17) is 10.8 Å². The first-order valence-corrected chi connectivity index (χ1v) is 5.96. The molecule has 18 heavy (non-hydrogen) atoms. The Bertz CT molecular complexity index is 444. The highest BCUT2D eigenvalue weighted by atomic mass is 16.4. The Labute approximate surface area is 106 Å². The van der Waals surface area contributed by atoms with Crippen molar-refractivity contribution in [3.05, 3.63) is 23.8 Å². The molecule has 1 amide bonds. The van der Waals surface area contributed by atoms with E-state index in [2.05, 4.69) is 12.2 Å². The Morgan fingerprint density at radius 1 is 1.28 bits per heavy atom. The van der Waals surface area contributed by atoms with Crippen LogP contribution in [-0.4, -0.2) is 17.0 Å². The maximum absolute atomic E-state index is 11.6. The number of nitrogen functional groups attached to an aromatic ring is 1. The number of nitrogens with one attached hydrogen (secondary N) is 1. The number of nitrogens with two attached hydrogens (primary N) is 1. The van der Waals surface area contributed by atoms with Crippen LogP contribution in [0.2, 0.25) is 0 Å². The molecule has 0 aromatic heterocycles. The second-order valence-electron chi connectivity index (χ2n) is 4.15. The third kappa shape index (κ3) is 4.45. The summed E-state index contributed by atoms with van der Waals surface area (Å²) in [4.78, 5) is 22.4. The molecule has 0 aliphatic carbocycles. The van der Waals surface area contributed by atoms with Gasteiger partial charge in [0.2, 0.25) is 5.91 Å². The highest BCUT2D eigenvalue weighted by molar-refractivity contribution is 5.95. The van der Waals surface area contributed by atoms with Crippen LogP contribution in [0.25, 0.3) is 0 Å². The monoisotopic (exact) mass is 250 g/mol. The molecule has 0 saturated heterocycles. The maximum atomic E-state index is 11.6. The van der Waals surface area contributed by atoms with Gasteiger partial charge in [-0.1, -0.05) is 19.8 Å². The zero-order chi connectivity index (χ0) is 13.5. The molecule has 0 bridgehead atoms. The number of anilines is 2. The van der Waals surface area contributed by atoms with Gasteiger partial charge in [-0.3, -0.25) is 4.79 Å². The third-order valence-electron chi connectivity index (χ3n) is 2.49. The number of hydrogen-bond donors (Lipinski definition) is 3. The minimum atomic E-state index is -1.07. The lowest BCUT2D eigenvalue weighted by Crippen LogP contribution is -2.12. The molecule has 0 fully saturated rings. The standard InChI is InChI=1S/C13H18N2O3/c1-2-3-4-5-12(16)15-11-7-9(13(17)18)6-10(14)8-11/h6-8H,2-5,14H2,1H3,(H,15,16)(H,17,18). The van der Waals surface area contributed by atoms with Crippen LogP contribution in [0.15, 0.2) is 18.2 Å². The fourth-order valence-corrected chi connectivity index (χ4v) is 1.61. The minimum absolute atomic E-state index is 0.0684. The molecule has 98 valence electrons. The van der Waals surface area contributed by atoms with Crippen molar-refractivity contribution in [2.75, 3.05) is 11.1 Å². The summed E-state index contributed by atoms with van der Waals surface area (Å²) in [7, 11) is 0. The van der Waals surface area contributed by atoms with Gasteiger partial charge in [0.25, 0.3) is 0 Å². The van der Waals surface area contributed by atoms with Gasteiger partial charge in [0, 0.05) is 17.8 Å². The van der Waals surface area contributed by atoms with Crippen LogP contribution in [0.1, 0.15) is 43.0 Å². The van der Waals surface area contributed by atoms with Crippen molar-refractivity contribution in [1.29, 1.82) is 0 Å². The van der Waals surface area contributed by atoms with E-state index in [0.717, 1.165) is 19.3 Å². The molecular formula is C13H18N2O3. The smallest absolute Gasteiger partial charge is 0.335 e. The van der Waals surface area contributed by atoms with E-state index in [1.807, 2.05) is 0 Å². The summed E-state index contributed by atoms with van der Waals surface area (Å²) in [6, 6.07) is 4.30. The molecule has 0 unspecified atom stereocenters. The van der Waals surface area contributed by atoms with Gasteiger partial charge in [-0.2, -0.15) is 0 Å². The first kappa shape index (κ1) is 14.0. The lowest BCUT2D eigenvalue weighted by atomic mass is 10.1. The highest BCUT2D eigenvalue weighted by Crippen LogP contribution is 2.17. The predicted molar refractivity (Wildman–Crippen MR) is 70.6 cm³/mol. The molecule has 0 saturated carbocycles. The number of carboxylic acid groups (broad SMARTS) is 1. The molecule has 0 spiro atoms. The SMILES string of the molecule is CCCCCC(=O)Nc1cc(N)cc(C(=O)O)c1. The lowest BCUT2D eigenvalue weighted by molar-refractivity contribution is -0.116. The number of carboxylic acids is 1. The quantitative estimate of drug-likeness (QED) is 0.534. The summed E-state index contributed by atoms with van der Waals surface area (Å²) in [6.45, 7) is 2.06. The zero-order valence-electron chi connectivity index (χ0n) is 10.4. The molecule has 1 aromatic rings.